The van der Waals surface area contributed by atoms with Crippen molar-refractivity contribution >= 4 is 41.1 Å². The SMILES string of the molecule is CCN(Cc1cccc(C(=O)O)c1)C(=O)CCc1ccc(OC(=O)c2ccc(N=C(N)N)cc2)cc1Cl. The molecule has 3 aromatic rings. The molecule has 37 heavy (non-hydrogen) atoms. The lowest BCUT2D eigenvalue weighted by molar-refractivity contribution is -0.131. The van der Waals surface area contributed by atoms with E-state index in [0.29, 0.717) is 35.8 Å². The number of rotatable bonds is 10. The van der Waals surface area contributed by atoms with Gasteiger partial charge in [0.2, 0.25) is 5.91 Å². The number of carboxylic acid groups (broad SMARTS) is 1. The Morgan fingerprint density at radius 3 is 2.35 bits per heavy atom. The first kappa shape index (κ1) is 27.2. The molecule has 0 unspecified atom stereocenters. The average molecular weight is 523 g/mol. The van der Waals surface area contributed by atoms with Crippen molar-refractivity contribution < 1.29 is 24.2 Å². The summed E-state index contributed by atoms with van der Waals surface area (Å²) in [6.45, 7) is 2.65. The molecule has 0 radical (unpaired) electrons. The number of aromatic carboxylic acids is 1. The number of ether oxygens (including phenoxy) is 1. The Balaban J connectivity index is 1.58. The van der Waals surface area contributed by atoms with Crippen molar-refractivity contribution in [1.29, 1.82) is 0 Å². The molecule has 0 aliphatic rings. The smallest absolute Gasteiger partial charge is 0.343 e. The maximum absolute atomic E-state index is 12.8. The summed E-state index contributed by atoms with van der Waals surface area (Å²) in [6.07, 6.45) is 0.608. The van der Waals surface area contributed by atoms with Crippen LogP contribution in [0.3, 0.4) is 0 Å². The molecule has 0 spiro atoms. The van der Waals surface area contributed by atoms with Gasteiger partial charge in [-0.1, -0.05) is 29.8 Å². The predicted octanol–water partition coefficient (Wildman–Crippen LogP) is 4.14. The summed E-state index contributed by atoms with van der Waals surface area (Å²) >= 11 is 6.39. The van der Waals surface area contributed by atoms with Crippen molar-refractivity contribution in [2.75, 3.05) is 6.54 Å². The molecule has 0 heterocycles. The molecule has 0 atom stereocenters. The third-order valence-electron chi connectivity index (χ3n) is 5.49. The second kappa shape index (κ2) is 12.5. The van der Waals surface area contributed by atoms with Crippen LogP contribution in [-0.2, 0) is 17.8 Å². The number of carbonyl (C=O) groups is 3. The van der Waals surface area contributed by atoms with E-state index >= 15 is 0 Å². The summed E-state index contributed by atoms with van der Waals surface area (Å²) in [7, 11) is 0. The molecule has 3 aromatic carbocycles. The molecule has 0 saturated heterocycles. The zero-order valence-corrected chi connectivity index (χ0v) is 20.9. The van der Waals surface area contributed by atoms with E-state index in [2.05, 4.69) is 4.99 Å². The number of amides is 1. The van der Waals surface area contributed by atoms with Crippen LogP contribution in [-0.4, -0.2) is 40.4 Å². The molecule has 0 bridgehead atoms. The number of hydrogen-bond acceptors (Lipinski definition) is 5. The second-order valence-corrected chi connectivity index (χ2v) is 8.55. The Morgan fingerprint density at radius 1 is 1.00 bits per heavy atom. The van der Waals surface area contributed by atoms with Gasteiger partial charge in [-0.2, -0.15) is 0 Å². The van der Waals surface area contributed by atoms with E-state index in [9.17, 15) is 19.5 Å². The summed E-state index contributed by atoms with van der Waals surface area (Å²) in [4.78, 5) is 42.0. The molecular formula is C27H27ClN4O5. The van der Waals surface area contributed by atoms with E-state index in [-0.39, 0.29) is 29.6 Å². The summed E-state index contributed by atoms with van der Waals surface area (Å²) in [6, 6.07) is 17.7. The first-order valence-corrected chi connectivity index (χ1v) is 11.8. The van der Waals surface area contributed by atoms with Crippen molar-refractivity contribution in [3.63, 3.8) is 0 Å². The minimum Gasteiger partial charge on any atom is -0.478 e. The van der Waals surface area contributed by atoms with E-state index in [0.717, 1.165) is 11.1 Å². The fourth-order valence-corrected chi connectivity index (χ4v) is 3.85. The number of nitrogens with two attached hydrogens (primary N) is 2. The fraction of sp³-hybridized carbons (Fsp3) is 0.185. The molecule has 3 rings (SSSR count). The van der Waals surface area contributed by atoms with Gasteiger partial charge in [-0.25, -0.2) is 14.6 Å². The highest BCUT2D eigenvalue weighted by molar-refractivity contribution is 6.31. The van der Waals surface area contributed by atoms with E-state index in [1.807, 2.05) is 6.92 Å². The number of carboxylic acids is 1. The topological polar surface area (TPSA) is 148 Å². The van der Waals surface area contributed by atoms with Gasteiger partial charge in [-0.3, -0.25) is 4.79 Å². The summed E-state index contributed by atoms with van der Waals surface area (Å²) in [5.74, 6) is -1.48. The number of nitrogens with zero attached hydrogens (tertiary/aromatic N) is 2. The largest absolute Gasteiger partial charge is 0.478 e. The van der Waals surface area contributed by atoms with E-state index in [1.165, 1.54) is 12.1 Å². The number of halogens is 1. The predicted molar refractivity (Wildman–Crippen MR) is 141 cm³/mol. The first-order chi connectivity index (χ1) is 17.7. The molecular weight excluding hydrogens is 496 g/mol. The molecule has 10 heteroatoms. The Labute approximate surface area is 219 Å². The summed E-state index contributed by atoms with van der Waals surface area (Å²) < 4.78 is 5.41. The molecule has 192 valence electrons. The minimum absolute atomic E-state index is 0.0836. The van der Waals surface area contributed by atoms with Gasteiger partial charge in [0.1, 0.15) is 5.75 Å². The zero-order chi connectivity index (χ0) is 26.9. The Bertz CT molecular complexity index is 1320. The van der Waals surface area contributed by atoms with Gasteiger partial charge in [0, 0.05) is 24.5 Å². The Kier molecular flexibility index (Phi) is 9.23. The molecule has 1 amide bonds. The van der Waals surface area contributed by atoms with Crippen LogP contribution in [0.15, 0.2) is 71.7 Å². The summed E-state index contributed by atoms with van der Waals surface area (Å²) in [5.41, 5.74) is 13.2. The third kappa shape index (κ3) is 7.81. The normalized spacial score (nSPS) is 10.4. The van der Waals surface area contributed by atoms with E-state index in [1.54, 1.807) is 59.5 Å². The standard InChI is InChI=1S/C27H27ClN4O5/c1-2-32(16-17-4-3-5-20(14-17)25(34)35)24(33)13-9-18-8-12-22(15-23(18)28)37-26(36)19-6-10-21(11-7-19)31-27(29)30/h3-8,10-12,14-15H,2,9,13,16H2,1H3,(H,34,35)(H4,29,30,31). The van der Waals surface area contributed by atoms with Crippen molar-refractivity contribution in [2.24, 2.45) is 16.5 Å². The number of esters is 1. The molecule has 0 aliphatic heterocycles. The Hall–Kier alpha value is -4.37. The number of hydrogen-bond donors (Lipinski definition) is 3. The van der Waals surface area contributed by atoms with Gasteiger partial charge in [0.25, 0.3) is 0 Å². The van der Waals surface area contributed by atoms with Crippen LogP contribution in [0.2, 0.25) is 5.02 Å². The lowest BCUT2D eigenvalue weighted by Crippen LogP contribution is -2.30. The highest BCUT2D eigenvalue weighted by Crippen LogP contribution is 2.25. The van der Waals surface area contributed by atoms with Gasteiger partial charge in [-0.15, -0.1) is 0 Å². The van der Waals surface area contributed by atoms with Crippen molar-refractivity contribution in [1.82, 2.24) is 4.90 Å². The highest BCUT2D eigenvalue weighted by atomic mass is 35.5. The van der Waals surface area contributed by atoms with Crippen molar-refractivity contribution in [2.45, 2.75) is 26.3 Å². The van der Waals surface area contributed by atoms with Crippen LogP contribution in [0, 0.1) is 0 Å². The number of benzene rings is 3. The quantitative estimate of drug-likeness (QED) is 0.157. The molecule has 9 nitrogen and oxygen atoms in total. The van der Waals surface area contributed by atoms with Crippen molar-refractivity contribution in [3.05, 3.63) is 94.0 Å². The minimum atomic E-state index is -1.01. The highest BCUT2D eigenvalue weighted by Gasteiger charge is 2.15. The lowest BCUT2D eigenvalue weighted by atomic mass is 10.1. The summed E-state index contributed by atoms with van der Waals surface area (Å²) in [5, 5.41) is 9.55. The van der Waals surface area contributed by atoms with Crippen LogP contribution in [0.1, 0.15) is 45.2 Å². The molecule has 0 aromatic heterocycles. The third-order valence-corrected chi connectivity index (χ3v) is 5.84. The Morgan fingerprint density at radius 2 is 1.73 bits per heavy atom. The molecule has 0 saturated carbocycles. The molecule has 0 aliphatic carbocycles. The fourth-order valence-electron chi connectivity index (χ4n) is 3.58. The molecule has 0 fully saturated rings. The molecule has 5 N–H and O–H groups in total. The maximum Gasteiger partial charge on any atom is 0.343 e. The monoisotopic (exact) mass is 522 g/mol. The van der Waals surface area contributed by atoms with Gasteiger partial charge in [0.15, 0.2) is 5.96 Å². The number of aryl methyl sites for hydroxylation is 1. The van der Waals surface area contributed by atoms with E-state index in [4.69, 9.17) is 27.8 Å². The average Bonchev–Trinajstić information content (AvgIpc) is 2.86. The van der Waals surface area contributed by atoms with Crippen LogP contribution in [0.25, 0.3) is 0 Å². The van der Waals surface area contributed by atoms with Gasteiger partial charge >= 0.3 is 11.9 Å². The maximum atomic E-state index is 12.8. The second-order valence-electron chi connectivity index (χ2n) is 8.14. The van der Waals surface area contributed by atoms with Crippen LogP contribution in [0.5, 0.6) is 5.75 Å². The first-order valence-electron chi connectivity index (χ1n) is 11.5. The van der Waals surface area contributed by atoms with Gasteiger partial charge in [-0.05, 0) is 73.0 Å². The van der Waals surface area contributed by atoms with Crippen LogP contribution in [0.4, 0.5) is 5.69 Å². The lowest BCUT2D eigenvalue weighted by Gasteiger charge is -2.21. The van der Waals surface area contributed by atoms with E-state index < -0.39 is 11.9 Å². The zero-order valence-electron chi connectivity index (χ0n) is 20.2. The number of aliphatic imine (C=N–C) groups is 1. The van der Waals surface area contributed by atoms with Crippen LogP contribution < -0.4 is 16.2 Å². The van der Waals surface area contributed by atoms with Gasteiger partial charge < -0.3 is 26.2 Å². The van der Waals surface area contributed by atoms with Crippen LogP contribution >= 0.6 is 11.6 Å². The number of guanidine groups is 1. The number of carbonyl (C=O) groups excluding carboxylic acids is 2. The van der Waals surface area contributed by atoms with Gasteiger partial charge in [0.05, 0.1) is 16.8 Å². The van der Waals surface area contributed by atoms with Crippen molar-refractivity contribution in [3.8, 4) is 5.75 Å².